The summed E-state index contributed by atoms with van der Waals surface area (Å²) < 4.78 is 1.75. The van der Waals surface area contributed by atoms with Crippen molar-refractivity contribution in [3.63, 3.8) is 0 Å². The van der Waals surface area contributed by atoms with E-state index in [-0.39, 0.29) is 0 Å². The van der Waals surface area contributed by atoms with Crippen molar-refractivity contribution in [2.75, 3.05) is 18.4 Å². The first-order valence-corrected chi connectivity index (χ1v) is 4.69. The third kappa shape index (κ3) is 2.16. The Kier molecular flexibility index (Phi) is 2.81. The van der Waals surface area contributed by atoms with Crippen LogP contribution in [0.25, 0.3) is 5.65 Å². The van der Waals surface area contributed by atoms with Crippen LogP contribution in [0, 0.1) is 0 Å². The van der Waals surface area contributed by atoms with E-state index < -0.39 is 6.03 Å². The Morgan fingerprint density at radius 2 is 2.38 bits per heavy atom. The number of aromatic nitrogens is 4. The SMILES string of the molecule is NC(=O)NCCNc1nccn2cnnc12. The van der Waals surface area contributed by atoms with Crippen LogP contribution in [0.3, 0.4) is 0 Å². The largest absolute Gasteiger partial charge is 0.365 e. The molecule has 2 heterocycles. The lowest BCUT2D eigenvalue weighted by atomic mass is 10.5. The number of urea groups is 1. The Balaban J connectivity index is 1.98. The molecule has 2 aromatic rings. The van der Waals surface area contributed by atoms with E-state index >= 15 is 0 Å². The Bertz CT molecular complexity index is 494. The molecule has 8 nitrogen and oxygen atoms in total. The minimum atomic E-state index is -0.546. The van der Waals surface area contributed by atoms with Crippen molar-refractivity contribution < 1.29 is 4.79 Å². The van der Waals surface area contributed by atoms with Crippen molar-refractivity contribution in [3.05, 3.63) is 18.7 Å². The molecule has 0 atom stereocenters. The number of nitrogens with zero attached hydrogens (tertiary/aromatic N) is 4. The molecule has 0 saturated heterocycles. The number of hydrogen-bond donors (Lipinski definition) is 3. The Hall–Kier alpha value is -2.38. The molecule has 0 bridgehead atoms. The van der Waals surface area contributed by atoms with Crippen molar-refractivity contribution in [2.45, 2.75) is 0 Å². The van der Waals surface area contributed by atoms with Crippen LogP contribution in [-0.2, 0) is 0 Å². The average Bonchev–Trinajstić information content (AvgIpc) is 2.72. The first kappa shape index (κ1) is 10.1. The summed E-state index contributed by atoms with van der Waals surface area (Å²) in [7, 11) is 0. The third-order valence-electron chi connectivity index (χ3n) is 1.93. The normalized spacial score (nSPS) is 10.2. The van der Waals surface area contributed by atoms with Crippen LogP contribution in [-0.4, -0.2) is 38.7 Å². The number of fused-ring (bicyclic) bond motifs is 1. The number of nitrogens with one attached hydrogen (secondary N) is 2. The molecule has 2 amide bonds. The second kappa shape index (κ2) is 4.43. The number of carbonyl (C=O) groups is 1. The van der Waals surface area contributed by atoms with Gasteiger partial charge >= 0.3 is 6.03 Å². The fourth-order valence-electron chi connectivity index (χ4n) is 1.25. The zero-order valence-corrected chi connectivity index (χ0v) is 8.42. The topological polar surface area (TPSA) is 110 Å². The number of hydrogen-bond acceptors (Lipinski definition) is 5. The van der Waals surface area contributed by atoms with Crippen LogP contribution in [0.2, 0.25) is 0 Å². The van der Waals surface area contributed by atoms with E-state index in [1.54, 1.807) is 23.1 Å². The highest BCUT2D eigenvalue weighted by atomic mass is 16.2. The maximum absolute atomic E-state index is 10.4. The van der Waals surface area contributed by atoms with Gasteiger partial charge in [0.2, 0.25) is 5.65 Å². The van der Waals surface area contributed by atoms with Crippen LogP contribution in [0.5, 0.6) is 0 Å². The molecule has 0 aliphatic heterocycles. The van der Waals surface area contributed by atoms with Gasteiger partial charge in [-0.25, -0.2) is 9.78 Å². The molecule has 2 rings (SSSR count). The molecule has 16 heavy (non-hydrogen) atoms. The Morgan fingerprint density at radius 1 is 1.50 bits per heavy atom. The van der Waals surface area contributed by atoms with Crippen molar-refractivity contribution in [1.29, 1.82) is 0 Å². The standard InChI is InChI=1S/C8H11N7O/c9-8(16)12-2-1-10-6-7-14-13-5-15(7)4-3-11-6/h3-5H,1-2H2,(H,10,11)(H3,9,12,16). The highest BCUT2D eigenvalue weighted by Crippen LogP contribution is 2.08. The quantitative estimate of drug-likeness (QED) is 0.586. The summed E-state index contributed by atoms with van der Waals surface area (Å²) in [6, 6.07) is -0.546. The molecule has 0 spiro atoms. The van der Waals surface area contributed by atoms with Crippen molar-refractivity contribution >= 4 is 17.5 Å². The summed E-state index contributed by atoms with van der Waals surface area (Å²) in [5, 5.41) is 13.2. The van der Waals surface area contributed by atoms with Crippen LogP contribution >= 0.6 is 0 Å². The summed E-state index contributed by atoms with van der Waals surface area (Å²) in [6.45, 7) is 0.939. The van der Waals surface area contributed by atoms with E-state index in [0.717, 1.165) is 0 Å². The lowest BCUT2D eigenvalue weighted by Gasteiger charge is -2.05. The second-order valence-electron chi connectivity index (χ2n) is 3.06. The molecule has 0 saturated carbocycles. The van der Waals surface area contributed by atoms with Crippen LogP contribution < -0.4 is 16.4 Å². The Morgan fingerprint density at radius 3 is 3.19 bits per heavy atom. The molecular weight excluding hydrogens is 210 g/mol. The summed E-state index contributed by atoms with van der Waals surface area (Å²) in [4.78, 5) is 14.5. The number of anilines is 1. The van der Waals surface area contributed by atoms with Gasteiger partial charge < -0.3 is 16.4 Å². The maximum Gasteiger partial charge on any atom is 0.312 e. The van der Waals surface area contributed by atoms with E-state index in [0.29, 0.717) is 24.6 Å². The zero-order valence-electron chi connectivity index (χ0n) is 8.42. The lowest BCUT2D eigenvalue weighted by molar-refractivity contribution is 0.249. The average molecular weight is 221 g/mol. The van der Waals surface area contributed by atoms with Crippen molar-refractivity contribution in [1.82, 2.24) is 24.9 Å². The zero-order chi connectivity index (χ0) is 11.4. The maximum atomic E-state index is 10.4. The van der Waals surface area contributed by atoms with E-state index in [4.69, 9.17) is 5.73 Å². The number of amides is 2. The van der Waals surface area contributed by atoms with Gasteiger partial charge in [0.25, 0.3) is 0 Å². The predicted octanol–water partition coefficient (Wildman–Crippen LogP) is -0.795. The van der Waals surface area contributed by atoms with E-state index in [9.17, 15) is 4.79 Å². The summed E-state index contributed by atoms with van der Waals surface area (Å²) in [5.74, 6) is 0.617. The van der Waals surface area contributed by atoms with Gasteiger partial charge in [-0.05, 0) is 0 Å². The molecule has 84 valence electrons. The fraction of sp³-hybridized carbons (Fsp3) is 0.250. The minimum absolute atomic E-state index is 0.423. The van der Waals surface area contributed by atoms with Crippen LogP contribution in [0.1, 0.15) is 0 Å². The molecule has 0 radical (unpaired) electrons. The minimum Gasteiger partial charge on any atom is -0.365 e. The monoisotopic (exact) mass is 221 g/mol. The number of carbonyl (C=O) groups excluding carboxylic acids is 1. The van der Waals surface area contributed by atoms with E-state index in [1.807, 2.05) is 0 Å². The second-order valence-corrected chi connectivity index (χ2v) is 3.06. The van der Waals surface area contributed by atoms with Gasteiger partial charge in [0.15, 0.2) is 5.82 Å². The van der Waals surface area contributed by atoms with Gasteiger partial charge in [-0.15, -0.1) is 10.2 Å². The van der Waals surface area contributed by atoms with Gasteiger partial charge in [0, 0.05) is 25.5 Å². The molecular formula is C8H11N7O. The molecule has 8 heteroatoms. The first-order valence-electron chi connectivity index (χ1n) is 4.69. The molecule has 4 N–H and O–H groups in total. The van der Waals surface area contributed by atoms with E-state index in [2.05, 4.69) is 25.8 Å². The molecule has 0 unspecified atom stereocenters. The van der Waals surface area contributed by atoms with Crippen LogP contribution in [0.15, 0.2) is 18.7 Å². The molecule has 0 fully saturated rings. The summed E-state index contributed by atoms with van der Waals surface area (Å²) >= 11 is 0. The molecule has 0 aliphatic rings. The fourth-order valence-corrected chi connectivity index (χ4v) is 1.25. The highest BCUT2D eigenvalue weighted by molar-refractivity contribution is 5.71. The number of rotatable bonds is 4. The molecule has 2 aromatic heterocycles. The highest BCUT2D eigenvalue weighted by Gasteiger charge is 2.03. The van der Waals surface area contributed by atoms with Gasteiger partial charge in [-0.3, -0.25) is 4.40 Å². The van der Waals surface area contributed by atoms with Crippen LogP contribution in [0.4, 0.5) is 10.6 Å². The smallest absolute Gasteiger partial charge is 0.312 e. The lowest BCUT2D eigenvalue weighted by Crippen LogP contribution is -2.33. The Labute approximate surface area is 90.9 Å². The van der Waals surface area contributed by atoms with Crippen molar-refractivity contribution in [2.24, 2.45) is 5.73 Å². The summed E-state index contributed by atoms with van der Waals surface area (Å²) in [6.07, 6.45) is 4.98. The first-order chi connectivity index (χ1) is 7.77. The molecule has 0 aromatic carbocycles. The van der Waals surface area contributed by atoms with Gasteiger partial charge in [0.05, 0.1) is 0 Å². The predicted molar refractivity (Wildman–Crippen MR) is 56.9 cm³/mol. The van der Waals surface area contributed by atoms with Gasteiger partial charge in [0.1, 0.15) is 6.33 Å². The van der Waals surface area contributed by atoms with Crippen molar-refractivity contribution in [3.8, 4) is 0 Å². The van der Waals surface area contributed by atoms with E-state index in [1.165, 1.54) is 0 Å². The number of nitrogens with two attached hydrogens (primary N) is 1. The van der Waals surface area contributed by atoms with Gasteiger partial charge in [-0.2, -0.15) is 0 Å². The number of primary amides is 1. The molecule has 0 aliphatic carbocycles. The summed E-state index contributed by atoms with van der Waals surface area (Å²) in [5.41, 5.74) is 5.57. The van der Waals surface area contributed by atoms with Gasteiger partial charge in [-0.1, -0.05) is 0 Å². The third-order valence-corrected chi connectivity index (χ3v) is 1.93.